The van der Waals surface area contributed by atoms with E-state index in [1.54, 1.807) is 30.8 Å². The molecule has 0 spiro atoms. The third-order valence-corrected chi connectivity index (χ3v) is 4.14. The summed E-state index contributed by atoms with van der Waals surface area (Å²) in [5, 5.41) is 6.42. The van der Waals surface area contributed by atoms with Gasteiger partial charge in [0.1, 0.15) is 0 Å². The zero-order valence-corrected chi connectivity index (χ0v) is 18.3. The Bertz CT molecular complexity index is 549. The molecule has 1 aromatic carbocycles. The molecular formula is C17H29IN4OS. The number of carbonyl (C=O) groups excluding carboxylic acids is 1. The van der Waals surface area contributed by atoms with Crippen molar-refractivity contribution in [3.63, 3.8) is 0 Å². The van der Waals surface area contributed by atoms with Crippen LogP contribution in [0.5, 0.6) is 0 Å². The van der Waals surface area contributed by atoms with Crippen LogP contribution >= 0.6 is 35.7 Å². The molecule has 5 nitrogen and oxygen atoms in total. The van der Waals surface area contributed by atoms with Crippen LogP contribution in [0.1, 0.15) is 24.5 Å². The number of hydrogen-bond donors (Lipinski definition) is 2. The Kier molecular flexibility index (Phi) is 11.9. The second-order valence-electron chi connectivity index (χ2n) is 5.48. The Labute approximate surface area is 167 Å². The molecule has 0 aliphatic carbocycles. The van der Waals surface area contributed by atoms with E-state index < -0.39 is 0 Å². The van der Waals surface area contributed by atoms with Crippen molar-refractivity contribution in [1.29, 1.82) is 0 Å². The van der Waals surface area contributed by atoms with Crippen LogP contribution in [0.25, 0.3) is 0 Å². The van der Waals surface area contributed by atoms with Gasteiger partial charge in [-0.05, 0) is 37.3 Å². The Morgan fingerprint density at radius 1 is 1.29 bits per heavy atom. The predicted octanol–water partition coefficient (Wildman–Crippen LogP) is 2.87. The van der Waals surface area contributed by atoms with E-state index in [1.165, 1.54) is 16.0 Å². The maximum Gasteiger partial charge on any atom is 0.223 e. The van der Waals surface area contributed by atoms with E-state index in [9.17, 15) is 4.79 Å². The molecule has 0 aliphatic heterocycles. The average Bonchev–Trinajstić information content (AvgIpc) is 2.52. The van der Waals surface area contributed by atoms with Crippen LogP contribution < -0.4 is 10.6 Å². The largest absolute Gasteiger partial charge is 0.357 e. The molecule has 0 aliphatic rings. The molecule has 1 rings (SSSR count). The zero-order valence-electron chi connectivity index (χ0n) is 15.2. The van der Waals surface area contributed by atoms with E-state index in [0.29, 0.717) is 19.5 Å². The van der Waals surface area contributed by atoms with E-state index in [0.717, 1.165) is 12.5 Å². The van der Waals surface area contributed by atoms with Gasteiger partial charge in [-0.25, -0.2) is 4.99 Å². The fraction of sp³-hybridized carbons (Fsp3) is 0.529. The number of guanidine groups is 1. The maximum absolute atomic E-state index is 11.6. The SMILES string of the molecule is CCNC(=NCc1ccc(C)cc1SC)NCCC(=O)N(C)C.I. The number of nitrogens with one attached hydrogen (secondary N) is 2. The first-order chi connectivity index (χ1) is 11.0. The molecule has 2 N–H and O–H groups in total. The van der Waals surface area contributed by atoms with Crippen molar-refractivity contribution in [3.8, 4) is 0 Å². The summed E-state index contributed by atoms with van der Waals surface area (Å²) in [7, 11) is 3.53. The number of rotatable bonds is 7. The lowest BCUT2D eigenvalue weighted by molar-refractivity contribution is -0.128. The van der Waals surface area contributed by atoms with Crippen molar-refractivity contribution in [2.24, 2.45) is 4.99 Å². The van der Waals surface area contributed by atoms with Crippen LogP contribution in [-0.4, -0.2) is 50.2 Å². The number of benzene rings is 1. The van der Waals surface area contributed by atoms with Crippen molar-refractivity contribution in [1.82, 2.24) is 15.5 Å². The van der Waals surface area contributed by atoms with Gasteiger partial charge in [0.15, 0.2) is 5.96 Å². The topological polar surface area (TPSA) is 56.7 Å². The van der Waals surface area contributed by atoms with Crippen molar-refractivity contribution in [2.45, 2.75) is 31.7 Å². The summed E-state index contributed by atoms with van der Waals surface area (Å²) in [4.78, 5) is 19.1. The van der Waals surface area contributed by atoms with Crippen molar-refractivity contribution < 1.29 is 4.79 Å². The Morgan fingerprint density at radius 2 is 2.00 bits per heavy atom. The molecule has 0 bridgehead atoms. The third kappa shape index (κ3) is 8.23. The molecule has 0 atom stereocenters. The van der Waals surface area contributed by atoms with Gasteiger partial charge in [0, 0.05) is 38.5 Å². The number of amides is 1. The molecule has 0 unspecified atom stereocenters. The molecule has 24 heavy (non-hydrogen) atoms. The minimum Gasteiger partial charge on any atom is -0.357 e. The molecule has 0 aromatic heterocycles. The number of nitrogens with zero attached hydrogens (tertiary/aromatic N) is 2. The van der Waals surface area contributed by atoms with E-state index in [1.807, 2.05) is 6.92 Å². The van der Waals surface area contributed by atoms with E-state index in [-0.39, 0.29) is 29.9 Å². The summed E-state index contributed by atoms with van der Waals surface area (Å²) in [6, 6.07) is 6.43. The summed E-state index contributed by atoms with van der Waals surface area (Å²) in [6.45, 7) is 6.11. The molecule has 1 amide bonds. The first-order valence-electron chi connectivity index (χ1n) is 7.83. The fourth-order valence-electron chi connectivity index (χ4n) is 2.00. The Hall–Kier alpha value is -0.960. The number of aryl methyl sites for hydroxylation is 1. The van der Waals surface area contributed by atoms with Crippen LogP contribution in [0.4, 0.5) is 0 Å². The highest BCUT2D eigenvalue weighted by molar-refractivity contribution is 14.0. The summed E-state index contributed by atoms with van der Waals surface area (Å²) in [5.41, 5.74) is 2.47. The second-order valence-corrected chi connectivity index (χ2v) is 6.32. The van der Waals surface area contributed by atoms with Crippen LogP contribution in [0.15, 0.2) is 28.1 Å². The molecule has 136 valence electrons. The number of aliphatic imine (C=N–C) groups is 1. The molecule has 7 heteroatoms. The molecule has 0 fully saturated rings. The maximum atomic E-state index is 11.6. The molecule has 0 radical (unpaired) electrons. The van der Waals surface area contributed by atoms with Gasteiger partial charge < -0.3 is 15.5 Å². The zero-order chi connectivity index (χ0) is 17.2. The summed E-state index contributed by atoms with van der Waals surface area (Å²) < 4.78 is 0. The van der Waals surface area contributed by atoms with Gasteiger partial charge in [-0.2, -0.15) is 0 Å². The van der Waals surface area contributed by atoms with Gasteiger partial charge in [-0.3, -0.25) is 4.79 Å². The monoisotopic (exact) mass is 464 g/mol. The van der Waals surface area contributed by atoms with Gasteiger partial charge in [-0.1, -0.05) is 12.1 Å². The van der Waals surface area contributed by atoms with Gasteiger partial charge in [0.05, 0.1) is 6.54 Å². The normalized spacial score (nSPS) is 10.8. The quantitative estimate of drug-likeness (QED) is 0.282. The van der Waals surface area contributed by atoms with Crippen LogP contribution in [0.3, 0.4) is 0 Å². The third-order valence-electron chi connectivity index (χ3n) is 3.32. The Morgan fingerprint density at radius 3 is 2.58 bits per heavy atom. The minimum absolute atomic E-state index is 0. The first-order valence-corrected chi connectivity index (χ1v) is 9.06. The fourth-order valence-corrected chi connectivity index (χ4v) is 2.70. The number of carbonyl (C=O) groups is 1. The van der Waals surface area contributed by atoms with Crippen LogP contribution in [-0.2, 0) is 11.3 Å². The second kappa shape index (κ2) is 12.4. The van der Waals surface area contributed by atoms with E-state index in [4.69, 9.17) is 0 Å². The van der Waals surface area contributed by atoms with Gasteiger partial charge in [0.2, 0.25) is 5.91 Å². The summed E-state index contributed by atoms with van der Waals surface area (Å²) in [6.07, 6.45) is 2.54. The number of thioether (sulfide) groups is 1. The summed E-state index contributed by atoms with van der Waals surface area (Å²) in [5.74, 6) is 0.850. The van der Waals surface area contributed by atoms with Crippen molar-refractivity contribution >= 4 is 47.6 Å². The molecule has 0 heterocycles. The standard InChI is InChI=1S/C17H28N4OS.HI/c1-6-18-17(19-10-9-16(22)21(3)4)20-12-14-8-7-13(2)11-15(14)23-5;/h7-8,11H,6,9-10,12H2,1-5H3,(H2,18,19,20);1H. The molecule has 0 saturated heterocycles. The van der Waals surface area contributed by atoms with Crippen LogP contribution in [0, 0.1) is 6.92 Å². The smallest absolute Gasteiger partial charge is 0.223 e. The van der Waals surface area contributed by atoms with Gasteiger partial charge in [0.25, 0.3) is 0 Å². The predicted molar refractivity (Wildman–Crippen MR) is 115 cm³/mol. The first kappa shape index (κ1) is 23.0. The number of hydrogen-bond acceptors (Lipinski definition) is 3. The lowest BCUT2D eigenvalue weighted by Crippen LogP contribution is -2.39. The summed E-state index contributed by atoms with van der Waals surface area (Å²) >= 11 is 1.74. The van der Waals surface area contributed by atoms with E-state index in [2.05, 4.69) is 47.0 Å². The lowest BCUT2D eigenvalue weighted by atomic mass is 10.1. The average molecular weight is 464 g/mol. The van der Waals surface area contributed by atoms with E-state index >= 15 is 0 Å². The Balaban J connectivity index is 0.00000529. The highest BCUT2D eigenvalue weighted by Crippen LogP contribution is 2.22. The molecule has 1 aromatic rings. The van der Waals surface area contributed by atoms with Gasteiger partial charge >= 0.3 is 0 Å². The number of halogens is 1. The molecular weight excluding hydrogens is 435 g/mol. The minimum atomic E-state index is 0. The lowest BCUT2D eigenvalue weighted by Gasteiger charge is -2.14. The molecule has 0 saturated carbocycles. The van der Waals surface area contributed by atoms with Crippen molar-refractivity contribution in [2.75, 3.05) is 33.4 Å². The van der Waals surface area contributed by atoms with Crippen LogP contribution in [0.2, 0.25) is 0 Å². The highest BCUT2D eigenvalue weighted by Gasteiger charge is 2.05. The van der Waals surface area contributed by atoms with Gasteiger partial charge in [-0.15, -0.1) is 35.7 Å². The van der Waals surface area contributed by atoms with Crippen molar-refractivity contribution in [3.05, 3.63) is 29.3 Å². The highest BCUT2D eigenvalue weighted by atomic mass is 127.